The van der Waals surface area contributed by atoms with Gasteiger partial charge in [-0.2, -0.15) is 0 Å². The van der Waals surface area contributed by atoms with Gasteiger partial charge >= 0.3 is 0 Å². The Labute approximate surface area is 140 Å². The number of rotatable bonds is 2. The fraction of sp³-hybridized carbons (Fsp3) is 0.800. The smallest absolute Gasteiger partial charge is 0.124 e. The van der Waals surface area contributed by atoms with Crippen LogP contribution in [0.25, 0.3) is 0 Å². The normalized spacial score (nSPS) is 51.6. The van der Waals surface area contributed by atoms with E-state index in [0.29, 0.717) is 11.5 Å². The fourth-order valence-corrected chi connectivity index (χ4v) is 6.62. The van der Waals surface area contributed by atoms with Crippen molar-refractivity contribution in [2.24, 2.45) is 28.6 Å². The summed E-state index contributed by atoms with van der Waals surface area (Å²) in [6, 6.07) is 0. The number of fused-ring (bicyclic) bond motifs is 5. The molecule has 1 saturated heterocycles. The molecule has 0 bridgehead atoms. The topological polar surface area (TPSA) is 41.5 Å². The molecule has 0 amide bonds. The van der Waals surface area contributed by atoms with Gasteiger partial charge in [0.1, 0.15) is 12.3 Å². The number of hydrogen-bond donors (Lipinski definition) is 2. The number of allylic oxidation sites excluding steroid dienone is 2. The zero-order valence-corrected chi connectivity index (χ0v) is 14.6. The van der Waals surface area contributed by atoms with Gasteiger partial charge in [0.25, 0.3) is 0 Å². The van der Waals surface area contributed by atoms with Gasteiger partial charge in [-0.05, 0) is 62.7 Å². The third-order valence-electron chi connectivity index (χ3n) is 7.90. The summed E-state index contributed by atoms with van der Waals surface area (Å²) in [7, 11) is 0. The molecule has 7 unspecified atom stereocenters. The summed E-state index contributed by atoms with van der Waals surface area (Å²) < 4.78 is 5.90. The zero-order valence-electron chi connectivity index (χ0n) is 14.6. The number of ether oxygens (including phenoxy) is 1. The maximum atomic E-state index is 9.97. The molecule has 1 heterocycles. The van der Waals surface area contributed by atoms with Gasteiger partial charge in [0.2, 0.25) is 0 Å². The van der Waals surface area contributed by atoms with Gasteiger partial charge in [-0.3, -0.25) is 0 Å². The molecule has 3 aliphatic carbocycles. The summed E-state index contributed by atoms with van der Waals surface area (Å²) in [5.74, 6) is 2.30. The second-order valence-corrected chi connectivity index (χ2v) is 8.76. The van der Waals surface area contributed by atoms with Crippen molar-refractivity contribution in [3.05, 3.63) is 24.6 Å². The predicted octanol–water partition coefficient (Wildman–Crippen LogP) is 3.95. The Hall–Kier alpha value is -0.960. The minimum absolute atomic E-state index is 0.237. The van der Waals surface area contributed by atoms with Gasteiger partial charge in [0, 0.05) is 16.5 Å². The first-order valence-corrected chi connectivity index (χ1v) is 9.40. The van der Waals surface area contributed by atoms with E-state index < -0.39 is 0 Å². The molecule has 0 aromatic carbocycles. The van der Waals surface area contributed by atoms with E-state index in [2.05, 4.69) is 31.8 Å². The summed E-state index contributed by atoms with van der Waals surface area (Å²) in [6.07, 6.45) is 12.2. The summed E-state index contributed by atoms with van der Waals surface area (Å²) in [5.41, 5.74) is 1.87. The van der Waals surface area contributed by atoms with Crippen LogP contribution in [0.3, 0.4) is 0 Å². The molecule has 0 aromatic heterocycles. The molecule has 23 heavy (non-hydrogen) atoms. The van der Waals surface area contributed by atoms with E-state index >= 15 is 0 Å². The highest BCUT2D eigenvalue weighted by molar-refractivity contribution is 5.23. The molecule has 2 saturated carbocycles. The lowest BCUT2D eigenvalue weighted by atomic mass is 9.50. The van der Waals surface area contributed by atoms with E-state index in [1.54, 1.807) is 6.26 Å². The third-order valence-corrected chi connectivity index (χ3v) is 7.90. The van der Waals surface area contributed by atoms with E-state index in [1.807, 2.05) is 0 Å². The Balaban J connectivity index is 1.63. The number of hydrogen-bond acceptors (Lipinski definition) is 3. The lowest BCUT2D eigenvalue weighted by molar-refractivity contribution is -0.0772. The van der Waals surface area contributed by atoms with Crippen LogP contribution < -0.4 is 5.32 Å². The first kappa shape index (κ1) is 15.6. The summed E-state index contributed by atoms with van der Waals surface area (Å²) in [5, 5.41) is 13.3. The van der Waals surface area contributed by atoms with Crippen LogP contribution in [0, 0.1) is 28.6 Å². The van der Waals surface area contributed by atoms with Crippen LogP contribution in [0.2, 0.25) is 0 Å². The number of nitrogens with one attached hydrogen (secondary N) is 1. The van der Waals surface area contributed by atoms with E-state index in [1.165, 1.54) is 31.4 Å². The van der Waals surface area contributed by atoms with Crippen molar-refractivity contribution in [1.82, 2.24) is 5.32 Å². The molecular weight excluding hydrogens is 286 g/mol. The lowest BCUT2D eigenvalue weighted by Gasteiger charge is -2.57. The van der Waals surface area contributed by atoms with Crippen LogP contribution in [0.4, 0.5) is 0 Å². The van der Waals surface area contributed by atoms with Gasteiger partial charge in [-0.1, -0.05) is 26.5 Å². The Morgan fingerprint density at radius 1 is 1.22 bits per heavy atom. The van der Waals surface area contributed by atoms with Crippen molar-refractivity contribution in [3.63, 3.8) is 0 Å². The van der Waals surface area contributed by atoms with Crippen molar-refractivity contribution in [1.29, 1.82) is 0 Å². The molecule has 4 aliphatic rings. The van der Waals surface area contributed by atoms with Crippen molar-refractivity contribution >= 4 is 0 Å². The second kappa shape index (κ2) is 5.27. The lowest BCUT2D eigenvalue weighted by Crippen LogP contribution is -2.54. The van der Waals surface area contributed by atoms with Crippen molar-refractivity contribution < 1.29 is 9.84 Å². The average Bonchev–Trinajstić information content (AvgIpc) is 2.85. The summed E-state index contributed by atoms with van der Waals surface area (Å²) >= 11 is 0. The van der Waals surface area contributed by atoms with Crippen LogP contribution in [0.5, 0.6) is 0 Å². The Morgan fingerprint density at radius 3 is 2.83 bits per heavy atom. The van der Waals surface area contributed by atoms with E-state index in [4.69, 9.17) is 4.74 Å². The Bertz CT molecular complexity index is 530. The predicted molar refractivity (Wildman–Crippen MR) is 91.3 cm³/mol. The molecular formula is C20H31NO2. The van der Waals surface area contributed by atoms with Gasteiger partial charge in [-0.15, -0.1) is 0 Å². The van der Waals surface area contributed by atoms with Gasteiger partial charge in [0.15, 0.2) is 0 Å². The minimum atomic E-state index is -0.350. The molecule has 2 N–H and O–H groups in total. The largest absolute Gasteiger partial charge is 0.498 e. The quantitative estimate of drug-likeness (QED) is 0.758. The van der Waals surface area contributed by atoms with Crippen molar-refractivity contribution in [2.45, 2.75) is 71.1 Å². The van der Waals surface area contributed by atoms with Gasteiger partial charge in [-0.25, -0.2) is 0 Å². The summed E-state index contributed by atoms with van der Waals surface area (Å²) in [4.78, 5) is 0. The molecule has 3 fully saturated rings. The molecule has 128 valence electrons. The van der Waals surface area contributed by atoms with E-state index in [0.717, 1.165) is 37.0 Å². The molecule has 3 nitrogen and oxygen atoms in total. The van der Waals surface area contributed by atoms with Crippen molar-refractivity contribution in [3.8, 4) is 0 Å². The third kappa shape index (κ3) is 2.12. The number of aliphatic hydroxyl groups excluding tert-OH is 1. The Kier molecular flexibility index (Phi) is 3.57. The first-order chi connectivity index (χ1) is 11.0. The van der Waals surface area contributed by atoms with Crippen LogP contribution in [0.15, 0.2) is 24.6 Å². The fourth-order valence-electron chi connectivity index (χ4n) is 6.62. The molecule has 0 aromatic rings. The number of aliphatic hydroxyl groups is 1. The van der Waals surface area contributed by atoms with Crippen LogP contribution in [-0.4, -0.2) is 17.4 Å². The first-order valence-electron chi connectivity index (χ1n) is 9.40. The molecule has 7 atom stereocenters. The maximum absolute atomic E-state index is 9.97. The average molecular weight is 317 g/mol. The van der Waals surface area contributed by atoms with Crippen LogP contribution in [-0.2, 0) is 4.74 Å². The molecule has 0 radical (unpaired) electrons. The minimum Gasteiger partial charge on any atom is -0.498 e. The SMILES string of the molecule is C=COC1CCC2C3CC=C4NC(O)CCC4(C)C3CCC12C. The monoisotopic (exact) mass is 317 g/mol. The standard InChI is InChI=1S/C20H31NO2/c1-4-23-17-8-6-14-13-5-7-16-19(2,12-10-18(22)21-16)15(13)9-11-20(14,17)3/h4,7,13-15,17-18,21-22H,1,5-6,8-12H2,2-3H3. The highest BCUT2D eigenvalue weighted by Gasteiger charge is 2.59. The highest BCUT2D eigenvalue weighted by atomic mass is 16.5. The van der Waals surface area contributed by atoms with E-state index in [-0.39, 0.29) is 11.6 Å². The maximum Gasteiger partial charge on any atom is 0.124 e. The second-order valence-electron chi connectivity index (χ2n) is 8.76. The van der Waals surface area contributed by atoms with Gasteiger partial charge < -0.3 is 15.2 Å². The highest BCUT2D eigenvalue weighted by Crippen LogP contribution is 2.64. The Morgan fingerprint density at radius 2 is 2.04 bits per heavy atom. The molecule has 4 rings (SSSR count). The van der Waals surface area contributed by atoms with Crippen LogP contribution in [0.1, 0.15) is 58.8 Å². The molecule has 0 spiro atoms. The van der Waals surface area contributed by atoms with Crippen molar-refractivity contribution in [2.75, 3.05) is 0 Å². The van der Waals surface area contributed by atoms with E-state index in [9.17, 15) is 5.11 Å². The number of piperidine rings is 1. The molecule has 1 aliphatic heterocycles. The van der Waals surface area contributed by atoms with Gasteiger partial charge in [0.05, 0.1) is 6.26 Å². The molecule has 3 heteroatoms. The summed E-state index contributed by atoms with van der Waals surface area (Å²) in [6.45, 7) is 8.67. The zero-order chi connectivity index (χ0) is 16.2. The van der Waals surface area contributed by atoms with Crippen LogP contribution >= 0.6 is 0 Å².